The van der Waals surface area contributed by atoms with Crippen LogP contribution in [0.4, 0.5) is 5.69 Å². The molecule has 7 heteroatoms. The van der Waals surface area contributed by atoms with Crippen LogP contribution < -0.4 is 10.6 Å². The van der Waals surface area contributed by atoms with Crippen LogP contribution in [0.25, 0.3) is 0 Å². The second-order valence-electron chi connectivity index (χ2n) is 5.14. The molecule has 1 heterocycles. The third kappa shape index (κ3) is 4.41. The van der Waals surface area contributed by atoms with Crippen molar-refractivity contribution in [3.8, 4) is 0 Å². The van der Waals surface area contributed by atoms with E-state index in [1.165, 1.54) is 12.1 Å². The summed E-state index contributed by atoms with van der Waals surface area (Å²) in [6, 6.07) is 6.02. The van der Waals surface area contributed by atoms with Gasteiger partial charge in [0.1, 0.15) is 5.56 Å². The van der Waals surface area contributed by atoms with E-state index in [0.717, 1.165) is 25.9 Å². The summed E-state index contributed by atoms with van der Waals surface area (Å²) in [5, 5.41) is 17.1. The second kappa shape index (κ2) is 7.95. The van der Waals surface area contributed by atoms with Gasteiger partial charge in [-0.1, -0.05) is 12.1 Å². The van der Waals surface area contributed by atoms with E-state index in [-0.39, 0.29) is 35.6 Å². The number of hydrogen-bond donors (Lipinski definition) is 2. The summed E-state index contributed by atoms with van der Waals surface area (Å²) in [6.45, 7) is 3.84. The molecule has 116 valence electrons. The number of carbonyl (C=O) groups excluding carboxylic acids is 1. The number of carbonyl (C=O) groups is 1. The van der Waals surface area contributed by atoms with Crippen LogP contribution in [-0.2, 0) is 0 Å². The summed E-state index contributed by atoms with van der Waals surface area (Å²) < 4.78 is 0. The summed E-state index contributed by atoms with van der Waals surface area (Å²) in [7, 11) is 0. The number of para-hydroxylation sites is 1. The lowest BCUT2D eigenvalue weighted by Crippen LogP contribution is -2.44. The van der Waals surface area contributed by atoms with Crippen molar-refractivity contribution in [1.82, 2.24) is 10.6 Å². The van der Waals surface area contributed by atoms with Crippen LogP contribution in [-0.4, -0.2) is 30.0 Å². The first-order valence-electron chi connectivity index (χ1n) is 6.84. The molecule has 2 atom stereocenters. The fraction of sp³-hybridized carbons (Fsp3) is 0.500. The van der Waals surface area contributed by atoms with Crippen molar-refractivity contribution < 1.29 is 9.72 Å². The fourth-order valence-electron chi connectivity index (χ4n) is 2.53. The van der Waals surface area contributed by atoms with E-state index in [9.17, 15) is 14.9 Å². The van der Waals surface area contributed by atoms with E-state index in [1.807, 2.05) is 6.92 Å². The van der Waals surface area contributed by atoms with E-state index in [1.54, 1.807) is 12.1 Å². The summed E-state index contributed by atoms with van der Waals surface area (Å²) in [4.78, 5) is 22.6. The molecule has 0 spiro atoms. The number of halogens is 1. The Morgan fingerprint density at radius 3 is 2.81 bits per heavy atom. The number of rotatable bonds is 4. The van der Waals surface area contributed by atoms with Gasteiger partial charge < -0.3 is 10.6 Å². The monoisotopic (exact) mass is 313 g/mol. The zero-order chi connectivity index (χ0) is 14.5. The molecule has 2 unspecified atom stereocenters. The first-order chi connectivity index (χ1) is 9.59. The number of hydrogen-bond acceptors (Lipinski definition) is 4. The highest BCUT2D eigenvalue weighted by Gasteiger charge is 2.24. The molecule has 1 aromatic rings. The van der Waals surface area contributed by atoms with E-state index < -0.39 is 4.92 Å². The van der Waals surface area contributed by atoms with Gasteiger partial charge in [-0.15, -0.1) is 12.4 Å². The van der Waals surface area contributed by atoms with Crippen LogP contribution in [0.5, 0.6) is 0 Å². The van der Waals surface area contributed by atoms with Gasteiger partial charge in [-0.2, -0.15) is 0 Å². The predicted octanol–water partition coefficient (Wildman–Crippen LogP) is 2.13. The lowest BCUT2D eigenvalue weighted by Gasteiger charge is -2.28. The molecule has 0 aliphatic carbocycles. The number of nitrogens with one attached hydrogen (secondary N) is 2. The Morgan fingerprint density at radius 1 is 1.48 bits per heavy atom. The second-order valence-corrected chi connectivity index (χ2v) is 5.14. The molecule has 1 amide bonds. The van der Waals surface area contributed by atoms with Crippen molar-refractivity contribution in [1.29, 1.82) is 0 Å². The number of piperidine rings is 1. The molecular weight excluding hydrogens is 294 g/mol. The van der Waals surface area contributed by atoms with Gasteiger partial charge in [-0.05, 0) is 44.8 Å². The third-order valence-corrected chi connectivity index (χ3v) is 3.75. The van der Waals surface area contributed by atoms with Crippen molar-refractivity contribution in [2.75, 3.05) is 13.1 Å². The lowest BCUT2D eigenvalue weighted by molar-refractivity contribution is -0.385. The van der Waals surface area contributed by atoms with Crippen molar-refractivity contribution in [3.05, 3.63) is 39.9 Å². The molecule has 1 aliphatic heterocycles. The van der Waals surface area contributed by atoms with Crippen LogP contribution in [0.15, 0.2) is 24.3 Å². The molecule has 1 saturated heterocycles. The van der Waals surface area contributed by atoms with Crippen molar-refractivity contribution in [2.45, 2.75) is 25.8 Å². The Bertz CT molecular complexity index is 504. The van der Waals surface area contributed by atoms with Gasteiger partial charge in [0.2, 0.25) is 0 Å². The number of nitrogens with zero attached hydrogens (tertiary/aromatic N) is 1. The zero-order valence-corrected chi connectivity index (χ0v) is 12.7. The number of nitro groups is 1. The SMILES string of the molecule is CC(NC(=O)c1ccccc1[N+](=O)[O-])C1CCCNC1.Cl. The average molecular weight is 314 g/mol. The van der Waals surface area contributed by atoms with Gasteiger partial charge in [0.05, 0.1) is 4.92 Å². The quantitative estimate of drug-likeness (QED) is 0.659. The largest absolute Gasteiger partial charge is 0.349 e. The topological polar surface area (TPSA) is 84.3 Å². The van der Waals surface area contributed by atoms with Crippen molar-refractivity contribution >= 4 is 24.0 Å². The van der Waals surface area contributed by atoms with E-state index in [0.29, 0.717) is 5.92 Å². The van der Waals surface area contributed by atoms with Crippen LogP contribution in [0.2, 0.25) is 0 Å². The standard InChI is InChI=1S/C14H19N3O3.ClH/c1-10(11-5-4-8-15-9-11)16-14(18)12-6-2-3-7-13(12)17(19)20;/h2-3,6-7,10-11,15H,4-5,8-9H2,1H3,(H,16,18);1H. The number of nitro benzene ring substituents is 1. The molecule has 1 aliphatic rings. The summed E-state index contributed by atoms with van der Waals surface area (Å²) in [6.07, 6.45) is 2.15. The maximum Gasteiger partial charge on any atom is 0.282 e. The third-order valence-electron chi connectivity index (χ3n) is 3.75. The molecule has 6 nitrogen and oxygen atoms in total. The normalized spacial score (nSPS) is 19.2. The Kier molecular flexibility index (Phi) is 6.58. The highest BCUT2D eigenvalue weighted by Crippen LogP contribution is 2.19. The Labute approximate surface area is 129 Å². The van der Waals surface area contributed by atoms with Gasteiger partial charge in [0.25, 0.3) is 11.6 Å². The van der Waals surface area contributed by atoms with Gasteiger partial charge in [-0.3, -0.25) is 14.9 Å². The highest BCUT2D eigenvalue weighted by atomic mass is 35.5. The molecule has 0 bridgehead atoms. The van der Waals surface area contributed by atoms with Crippen LogP contribution in [0.3, 0.4) is 0 Å². The highest BCUT2D eigenvalue weighted by molar-refractivity contribution is 5.98. The van der Waals surface area contributed by atoms with Crippen molar-refractivity contribution in [3.63, 3.8) is 0 Å². The smallest absolute Gasteiger partial charge is 0.282 e. The molecule has 0 radical (unpaired) electrons. The molecule has 0 saturated carbocycles. The Hall–Kier alpha value is -1.66. The van der Waals surface area contributed by atoms with Gasteiger partial charge >= 0.3 is 0 Å². The van der Waals surface area contributed by atoms with Crippen LogP contribution >= 0.6 is 12.4 Å². The molecular formula is C14H20ClN3O3. The minimum atomic E-state index is -0.526. The number of amides is 1. The minimum Gasteiger partial charge on any atom is -0.349 e. The molecule has 2 rings (SSSR count). The Balaban J connectivity index is 0.00000220. The van der Waals surface area contributed by atoms with Crippen LogP contribution in [0, 0.1) is 16.0 Å². The maximum absolute atomic E-state index is 12.2. The molecule has 1 fully saturated rings. The fourth-order valence-corrected chi connectivity index (χ4v) is 2.53. The number of benzene rings is 1. The Morgan fingerprint density at radius 2 is 2.19 bits per heavy atom. The summed E-state index contributed by atoms with van der Waals surface area (Å²) in [5.41, 5.74) is -0.0351. The lowest BCUT2D eigenvalue weighted by atomic mass is 9.92. The van der Waals surface area contributed by atoms with Crippen LogP contribution in [0.1, 0.15) is 30.1 Å². The maximum atomic E-state index is 12.2. The predicted molar refractivity (Wildman–Crippen MR) is 82.9 cm³/mol. The summed E-state index contributed by atoms with van der Waals surface area (Å²) >= 11 is 0. The molecule has 0 aromatic heterocycles. The molecule has 1 aromatic carbocycles. The van der Waals surface area contributed by atoms with Gasteiger partial charge in [-0.25, -0.2) is 0 Å². The van der Waals surface area contributed by atoms with Gasteiger partial charge in [0.15, 0.2) is 0 Å². The molecule has 21 heavy (non-hydrogen) atoms. The van der Waals surface area contributed by atoms with Crippen molar-refractivity contribution in [2.24, 2.45) is 5.92 Å². The van der Waals surface area contributed by atoms with Gasteiger partial charge in [0, 0.05) is 12.1 Å². The molecule has 2 N–H and O–H groups in total. The minimum absolute atomic E-state index is 0. The first kappa shape index (κ1) is 17.4. The first-order valence-corrected chi connectivity index (χ1v) is 6.84. The van der Waals surface area contributed by atoms with E-state index >= 15 is 0 Å². The van der Waals surface area contributed by atoms with E-state index in [2.05, 4.69) is 10.6 Å². The average Bonchev–Trinajstić information content (AvgIpc) is 2.48. The zero-order valence-electron chi connectivity index (χ0n) is 11.9. The summed E-state index contributed by atoms with van der Waals surface area (Å²) in [5.74, 6) is -0.00848. The van der Waals surface area contributed by atoms with E-state index in [4.69, 9.17) is 0 Å².